The lowest BCUT2D eigenvalue weighted by Gasteiger charge is -2.27. The number of nitrogens with zero attached hydrogens (tertiary/aromatic N) is 4. The van der Waals surface area contributed by atoms with E-state index in [1.54, 1.807) is 7.05 Å². The first-order chi connectivity index (χ1) is 15.3. The number of aromatic nitrogens is 3. The molecule has 2 aromatic carbocycles. The minimum atomic E-state index is 0. The smallest absolute Gasteiger partial charge is 0.191 e. The van der Waals surface area contributed by atoms with Gasteiger partial charge < -0.3 is 15.4 Å². The molecule has 9 heteroatoms. The highest BCUT2D eigenvalue weighted by Crippen LogP contribution is 2.15. The molecule has 2 heterocycles. The molecule has 1 aromatic heterocycles. The number of rotatable bonds is 7. The maximum Gasteiger partial charge on any atom is 0.191 e. The molecule has 1 saturated heterocycles. The molecule has 0 bridgehead atoms. The zero-order valence-electron chi connectivity index (χ0n) is 18.3. The summed E-state index contributed by atoms with van der Waals surface area (Å²) in [6, 6.07) is 16.8. The van der Waals surface area contributed by atoms with Gasteiger partial charge >= 0.3 is 0 Å². The Hall–Kier alpha value is -2.50. The SMILES string of the molecule is CN=C(NCc1cccc(-c2ncn[nH]2)c1)NCc1ccccc1CN1CCOCC1.I. The standard InChI is InChI=1S/C23H29N7O.HI/c1-24-23(25-14-18-5-4-8-19(13-18)22-27-17-28-29-22)26-15-20-6-2-3-7-21(20)16-30-9-11-31-12-10-30;/h2-8,13,17H,9-12,14-16H2,1H3,(H2,24,25,26)(H,27,28,29);1H. The van der Waals surface area contributed by atoms with Gasteiger partial charge in [-0.15, -0.1) is 24.0 Å². The van der Waals surface area contributed by atoms with Crippen LogP contribution in [-0.4, -0.2) is 59.4 Å². The second-order valence-corrected chi connectivity index (χ2v) is 7.47. The summed E-state index contributed by atoms with van der Waals surface area (Å²) in [7, 11) is 1.79. The van der Waals surface area contributed by atoms with Gasteiger partial charge in [0.05, 0.1) is 13.2 Å². The van der Waals surface area contributed by atoms with Crippen molar-refractivity contribution in [2.45, 2.75) is 19.6 Å². The number of nitrogens with one attached hydrogen (secondary N) is 3. The van der Waals surface area contributed by atoms with Crippen molar-refractivity contribution in [3.63, 3.8) is 0 Å². The first-order valence-electron chi connectivity index (χ1n) is 10.6. The van der Waals surface area contributed by atoms with Crippen LogP contribution < -0.4 is 10.6 Å². The van der Waals surface area contributed by atoms with Gasteiger partial charge in [-0.1, -0.05) is 42.5 Å². The molecule has 0 radical (unpaired) electrons. The lowest BCUT2D eigenvalue weighted by atomic mass is 10.1. The topological polar surface area (TPSA) is 90.5 Å². The van der Waals surface area contributed by atoms with Gasteiger partial charge in [-0.25, -0.2) is 4.98 Å². The lowest BCUT2D eigenvalue weighted by Crippen LogP contribution is -2.37. The number of aliphatic imine (C=N–C) groups is 1. The lowest BCUT2D eigenvalue weighted by molar-refractivity contribution is 0.0341. The molecule has 1 aliphatic heterocycles. The molecule has 0 amide bonds. The van der Waals surface area contributed by atoms with E-state index in [4.69, 9.17) is 4.74 Å². The van der Waals surface area contributed by atoms with Crippen LogP contribution in [0.25, 0.3) is 11.4 Å². The minimum absolute atomic E-state index is 0. The Morgan fingerprint density at radius 1 is 1.06 bits per heavy atom. The van der Waals surface area contributed by atoms with Gasteiger partial charge in [-0.3, -0.25) is 15.0 Å². The van der Waals surface area contributed by atoms with Crippen molar-refractivity contribution in [1.29, 1.82) is 0 Å². The van der Waals surface area contributed by atoms with Gasteiger partial charge in [0.1, 0.15) is 6.33 Å². The predicted octanol–water partition coefficient (Wildman–Crippen LogP) is 2.79. The van der Waals surface area contributed by atoms with E-state index in [2.05, 4.69) is 72.1 Å². The van der Waals surface area contributed by atoms with Crippen molar-refractivity contribution in [3.05, 3.63) is 71.5 Å². The fourth-order valence-electron chi connectivity index (χ4n) is 3.64. The van der Waals surface area contributed by atoms with Crippen LogP contribution >= 0.6 is 24.0 Å². The molecule has 170 valence electrons. The minimum Gasteiger partial charge on any atom is -0.379 e. The molecular formula is C23H30IN7O. The Balaban J connectivity index is 0.00000289. The van der Waals surface area contributed by atoms with E-state index in [1.807, 2.05) is 12.1 Å². The number of H-pyrrole nitrogens is 1. The highest BCUT2D eigenvalue weighted by atomic mass is 127. The highest BCUT2D eigenvalue weighted by Gasteiger charge is 2.13. The van der Waals surface area contributed by atoms with Gasteiger partial charge in [0, 0.05) is 45.3 Å². The summed E-state index contributed by atoms with van der Waals surface area (Å²) in [4.78, 5) is 11.0. The van der Waals surface area contributed by atoms with Crippen LogP contribution in [0, 0.1) is 0 Å². The summed E-state index contributed by atoms with van der Waals surface area (Å²) in [5, 5.41) is 13.7. The Bertz CT molecular complexity index is 988. The molecular weight excluding hydrogens is 517 g/mol. The van der Waals surface area contributed by atoms with Gasteiger partial charge in [-0.05, 0) is 22.8 Å². The second-order valence-electron chi connectivity index (χ2n) is 7.47. The molecule has 0 atom stereocenters. The van der Waals surface area contributed by atoms with E-state index < -0.39 is 0 Å². The quantitative estimate of drug-likeness (QED) is 0.240. The molecule has 0 unspecified atom stereocenters. The van der Waals surface area contributed by atoms with Crippen LogP contribution in [0.1, 0.15) is 16.7 Å². The van der Waals surface area contributed by atoms with E-state index in [0.29, 0.717) is 6.54 Å². The zero-order valence-corrected chi connectivity index (χ0v) is 20.6. The van der Waals surface area contributed by atoms with Gasteiger partial charge in [0.15, 0.2) is 11.8 Å². The number of benzene rings is 2. The average Bonchev–Trinajstić information content (AvgIpc) is 3.36. The first kappa shape index (κ1) is 24.1. The maximum atomic E-state index is 5.47. The van der Waals surface area contributed by atoms with Crippen molar-refractivity contribution in [3.8, 4) is 11.4 Å². The fraction of sp³-hybridized carbons (Fsp3) is 0.348. The third-order valence-electron chi connectivity index (χ3n) is 5.36. The Morgan fingerprint density at radius 2 is 1.84 bits per heavy atom. The summed E-state index contributed by atoms with van der Waals surface area (Å²) >= 11 is 0. The number of guanidine groups is 1. The molecule has 4 rings (SSSR count). The Kier molecular flexibility index (Phi) is 9.44. The molecule has 0 saturated carbocycles. The maximum absolute atomic E-state index is 5.47. The predicted molar refractivity (Wildman–Crippen MR) is 137 cm³/mol. The second kappa shape index (κ2) is 12.5. The number of ether oxygens (including phenoxy) is 1. The molecule has 8 nitrogen and oxygen atoms in total. The highest BCUT2D eigenvalue weighted by molar-refractivity contribution is 14.0. The fourth-order valence-corrected chi connectivity index (χ4v) is 3.64. The third kappa shape index (κ3) is 6.75. The number of hydrogen-bond donors (Lipinski definition) is 3. The zero-order chi connectivity index (χ0) is 21.3. The van der Waals surface area contributed by atoms with Crippen LogP contribution in [0.3, 0.4) is 0 Å². The first-order valence-corrected chi connectivity index (χ1v) is 10.6. The van der Waals surface area contributed by atoms with Crippen molar-refractivity contribution in [2.75, 3.05) is 33.4 Å². The van der Waals surface area contributed by atoms with E-state index in [0.717, 1.165) is 62.3 Å². The Morgan fingerprint density at radius 3 is 2.59 bits per heavy atom. The van der Waals surface area contributed by atoms with Crippen molar-refractivity contribution < 1.29 is 4.74 Å². The molecule has 1 aliphatic rings. The number of hydrogen-bond acceptors (Lipinski definition) is 5. The van der Waals surface area contributed by atoms with Crippen LogP contribution in [-0.2, 0) is 24.4 Å². The number of aromatic amines is 1. The average molecular weight is 547 g/mol. The molecule has 0 aliphatic carbocycles. The van der Waals surface area contributed by atoms with Crippen LogP contribution in [0.15, 0.2) is 59.9 Å². The van der Waals surface area contributed by atoms with E-state index in [9.17, 15) is 0 Å². The monoisotopic (exact) mass is 547 g/mol. The van der Waals surface area contributed by atoms with Crippen LogP contribution in [0.2, 0.25) is 0 Å². The van der Waals surface area contributed by atoms with E-state index >= 15 is 0 Å². The Labute approximate surface area is 205 Å². The normalized spacial score (nSPS) is 14.6. The van der Waals surface area contributed by atoms with Crippen molar-refractivity contribution in [2.24, 2.45) is 4.99 Å². The molecule has 32 heavy (non-hydrogen) atoms. The van der Waals surface area contributed by atoms with Gasteiger partial charge in [0.2, 0.25) is 0 Å². The van der Waals surface area contributed by atoms with Gasteiger partial charge in [-0.2, -0.15) is 5.10 Å². The van der Waals surface area contributed by atoms with Gasteiger partial charge in [0.25, 0.3) is 0 Å². The molecule has 0 spiro atoms. The summed E-state index contributed by atoms with van der Waals surface area (Å²) in [5.74, 6) is 1.53. The van der Waals surface area contributed by atoms with Crippen molar-refractivity contribution >= 4 is 29.9 Å². The third-order valence-corrected chi connectivity index (χ3v) is 5.36. The molecule has 1 fully saturated rings. The van der Waals surface area contributed by atoms with Crippen LogP contribution in [0.5, 0.6) is 0 Å². The van der Waals surface area contributed by atoms with Crippen LogP contribution in [0.4, 0.5) is 0 Å². The van der Waals surface area contributed by atoms with E-state index in [1.165, 1.54) is 17.5 Å². The number of morpholine rings is 1. The van der Waals surface area contributed by atoms with Crippen molar-refractivity contribution in [1.82, 2.24) is 30.7 Å². The summed E-state index contributed by atoms with van der Waals surface area (Å²) in [6.45, 7) is 5.93. The largest absolute Gasteiger partial charge is 0.379 e. The van der Waals surface area contributed by atoms with E-state index in [-0.39, 0.29) is 24.0 Å². The summed E-state index contributed by atoms with van der Waals surface area (Å²) in [6.07, 6.45) is 1.52. The molecule has 3 N–H and O–H groups in total. The number of halogens is 1. The summed E-state index contributed by atoms with van der Waals surface area (Å²) < 4.78 is 5.47. The summed E-state index contributed by atoms with van der Waals surface area (Å²) in [5.41, 5.74) is 4.78. The molecule has 3 aromatic rings.